The van der Waals surface area contributed by atoms with Gasteiger partial charge < -0.3 is 10.6 Å². The molecular formula is C15H10BrF3N2O2. The molecule has 0 unspecified atom stereocenters. The number of carbonyl (C=O) groups is 2. The fraction of sp³-hybridized carbons (Fsp3) is 0.0667. The normalized spacial score (nSPS) is 10.3. The summed E-state index contributed by atoms with van der Waals surface area (Å²) in [7, 11) is 0. The number of rotatable bonds is 2. The van der Waals surface area contributed by atoms with Gasteiger partial charge in [-0.1, -0.05) is 15.9 Å². The number of anilines is 2. The maximum atomic E-state index is 13.5. The van der Waals surface area contributed by atoms with Gasteiger partial charge in [0.2, 0.25) is 0 Å². The fourth-order valence-electron chi connectivity index (χ4n) is 1.75. The lowest BCUT2D eigenvalue weighted by atomic mass is 10.2. The van der Waals surface area contributed by atoms with E-state index in [1.54, 1.807) is 25.1 Å². The zero-order chi connectivity index (χ0) is 17.1. The molecule has 0 aromatic heterocycles. The highest BCUT2D eigenvalue weighted by Gasteiger charge is 2.19. The Morgan fingerprint density at radius 1 is 0.913 bits per heavy atom. The van der Waals surface area contributed by atoms with Crippen LogP contribution in [-0.4, -0.2) is 11.8 Å². The van der Waals surface area contributed by atoms with E-state index in [4.69, 9.17) is 0 Å². The molecule has 0 atom stereocenters. The Kier molecular flexibility index (Phi) is 5.05. The van der Waals surface area contributed by atoms with Gasteiger partial charge in [-0.05, 0) is 42.8 Å². The van der Waals surface area contributed by atoms with Crippen LogP contribution < -0.4 is 10.6 Å². The fourth-order valence-corrected chi connectivity index (χ4v) is 2.22. The molecule has 2 aromatic carbocycles. The van der Waals surface area contributed by atoms with E-state index in [9.17, 15) is 22.8 Å². The molecule has 8 heteroatoms. The molecule has 4 nitrogen and oxygen atoms in total. The van der Waals surface area contributed by atoms with Crippen molar-refractivity contribution >= 4 is 39.1 Å². The molecule has 0 heterocycles. The van der Waals surface area contributed by atoms with E-state index in [1.165, 1.54) is 0 Å². The van der Waals surface area contributed by atoms with E-state index < -0.39 is 35.0 Å². The summed E-state index contributed by atoms with van der Waals surface area (Å²) < 4.78 is 40.1. The zero-order valence-electron chi connectivity index (χ0n) is 11.7. The minimum Gasteiger partial charge on any atom is -0.318 e. The van der Waals surface area contributed by atoms with Gasteiger partial charge in [0.1, 0.15) is 0 Å². The Balaban J connectivity index is 2.12. The van der Waals surface area contributed by atoms with Crippen LogP contribution in [-0.2, 0) is 9.59 Å². The summed E-state index contributed by atoms with van der Waals surface area (Å²) in [5, 5.41) is 4.23. The molecule has 2 aromatic rings. The molecule has 2 N–H and O–H groups in total. The van der Waals surface area contributed by atoms with E-state index in [0.29, 0.717) is 17.3 Å². The van der Waals surface area contributed by atoms with Crippen molar-refractivity contribution in [2.75, 3.05) is 10.6 Å². The number of amides is 2. The zero-order valence-corrected chi connectivity index (χ0v) is 13.3. The molecule has 2 amide bonds. The van der Waals surface area contributed by atoms with Gasteiger partial charge in [-0.2, -0.15) is 0 Å². The first kappa shape index (κ1) is 17.0. The van der Waals surface area contributed by atoms with Crippen molar-refractivity contribution in [1.82, 2.24) is 0 Å². The second-order valence-corrected chi connectivity index (χ2v) is 5.51. The number of hydrogen-bond acceptors (Lipinski definition) is 2. The van der Waals surface area contributed by atoms with Crippen LogP contribution in [0.3, 0.4) is 0 Å². The van der Waals surface area contributed by atoms with Crippen molar-refractivity contribution in [2.24, 2.45) is 0 Å². The third-order valence-corrected chi connectivity index (χ3v) is 3.42. The predicted molar refractivity (Wildman–Crippen MR) is 82.5 cm³/mol. The highest BCUT2D eigenvalue weighted by Crippen LogP contribution is 2.21. The molecule has 0 aliphatic heterocycles. The first-order valence-corrected chi connectivity index (χ1v) is 7.11. The average Bonchev–Trinajstić information content (AvgIpc) is 2.50. The summed E-state index contributed by atoms with van der Waals surface area (Å²) in [6, 6.07) is 6.43. The van der Waals surface area contributed by atoms with Crippen molar-refractivity contribution in [3.63, 3.8) is 0 Å². The standard InChI is InChI=1S/C15H10BrF3N2O2/c1-7-6-8(16)2-4-10(7)20-14(22)15(23)21-11-5-3-9(17)12(18)13(11)19/h2-6H,1H3,(H,20,22)(H,21,23). The van der Waals surface area contributed by atoms with Crippen molar-refractivity contribution in [1.29, 1.82) is 0 Å². The van der Waals surface area contributed by atoms with Crippen molar-refractivity contribution < 1.29 is 22.8 Å². The topological polar surface area (TPSA) is 58.2 Å². The van der Waals surface area contributed by atoms with Crippen molar-refractivity contribution in [3.8, 4) is 0 Å². The molecule has 0 aliphatic rings. The quantitative estimate of drug-likeness (QED) is 0.609. The van der Waals surface area contributed by atoms with Crippen LogP contribution in [0.4, 0.5) is 24.5 Å². The Morgan fingerprint density at radius 2 is 1.48 bits per heavy atom. The third kappa shape index (κ3) is 3.89. The van der Waals surface area contributed by atoms with E-state index in [1.807, 2.05) is 5.32 Å². The monoisotopic (exact) mass is 386 g/mol. The summed E-state index contributed by atoms with van der Waals surface area (Å²) in [4.78, 5) is 23.5. The van der Waals surface area contributed by atoms with Gasteiger partial charge in [0.05, 0.1) is 5.69 Å². The van der Waals surface area contributed by atoms with Crippen LogP contribution >= 0.6 is 15.9 Å². The molecule has 2 rings (SSSR count). The first-order chi connectivity index (χ1) is 10.8. The van der Waals surface area contributed by atoms with Crippen LogP contribution in [0.5, 0.6) is 0 Å². The van der Waals surface area contributed by atoms with Crippen LogP contribution in [0.2, 0.25) is 0 Å². The molecule has 0 aliphatic carbocycles. The van der Waals surface area contributed by atoms with Crippen LogP contribution in [0, 0.1) is 24.4 Å². The number of halogens is 4. The van der Waals surface area contributed by atoms with Crippen molar-refractivity contribution in [2.45, 2.75) is 6.92 Å². The molecule has 23 heavy (non-hydrogen) atoms. The van der Waals surface area contributed by atoms with Crippen LogP contribution in [0.25, 0.3) is 0 Å². The highest BCUT2D eigenvalue weighted by molar-refractivity contribution is 9.10. The Labute approximate surface area is 137 Å². The summed E-state index contributed by atoms with van der Waals surface area (Å²) in [6.07, 6.45) is 0. The SMILES string of the molecule is Cc1cc(Br)ccc1NC(=O)C(=O)Nc1ccc(F)c(F)c1F. The van der Waals surface area contributed by atoms with Gasteiger partial charge >= 0.3 is 11.8 Å². The minimum atomic E-state index is -1.73. The maximum Gasteiger partial charge on any atom is 0.314 e. The summed E-state index contributed by atoms with van der Waals surface area (Å²) in [6.45, 7) is 1.72. The predicted octanol–water partition coefficient (Wildman–Crippen LogP) is 3.75. The summed E-state index contributed by atoms with van der Waals surface area (Å²) in [5.41, 5.74) is 0.454. The molecule has 0 fully saturated rings. The van der Waals surface area contributed by atoms with Gasteiger partial charge in [0.15, 0.2) is 17.5 Å². The number of benzene rings is 2. The second-order valence-electron chi connectivity index (χ2n) is 4.59. The number of nitrogens with one attached hydrogen (secondary N) is 2. The average molecular weight is 387 g/mol. The molecule has 0 saturated carbocycles. The van der Waals surface area contributed by atoms with Gasteiger partial charge in [-0.3, -0.25) is 9.59 Å². The van der Waals surface area contributed by atoms with Crippen molar-refractivity contribution in [3.05, 3.63) is 57.8 Å². The lowest BCUT2D eigenvalue weighted by molar-refractivity contribution is -0.133. The number of aryl methyl sites for hydroxylation is 1. The third-order valence-electron chi connectivity index (χ3n) is 2.93. The molecule has 0 bridgehead atoms. The lowest BCUT2D eigenvalue weighted by Gasteiger charge is -2.10. The van der Waals surface area contributed by atoms with E-state index in [0.717, 1.165) is 10.5 Å². The molecule has 120 valence electrons. The summed E-state index contributed by atoms with van der Waals surface area (Å²) in [5.74, 6) is -6.98. The van der Waals surface area contributed by atoms with E-state index in [2.05, 4.69) is 21.2 Å². The van der Waals surface area contributed by atoms with Gasteiger partial charge in [-0.15, -0.1) is 0 Å². The molecule has 0 radical (unpaired) electrons. The van der Waals surface area contributed by atoms with Crippen LogP contribution in [0.15, 0.2) is 34.8 Å². The van der Waals surface area contributed by atoms with Gasteiger partial charge in [-0.25, -0.2) is 13.2 Å². The largest absolute Gasteiger partial charge is 0.318 e. The van der Waals surface area contributed by atoms with Crippen LogP contribution in [0.1, 0.15) is 5.56 Å². The Hall–Kier alpha value is -2.35. The van der Waals surface area contributed by atoms with E-state index in [-0.39, 0.29) is 0 Å². The second kappa shape index (κ2) is 6.82. The van der Waals surface area contributed by atoms with Gasteiger partial charge in [0.25, 0.3) is 0 Å². The number of carbonyl (C=O) groups excluding carboxylic acids is 2. The smallest absolute Gasteiger partial charge is 0.314 e. The molecular weight excluding hydrogens is 377 g/mol. The minimum absolute atomic E-state index is 0.388. The maximum absolute atomic E-state index is 13.5. The van der Waals surface area contributed by atoms with E-state index >= 15 is 0 Å². The number of hydrogen-bond donors (Lipinski definition) is 2. The lowest BCUT2D eigenvalue weighted by Crippen LogP contribution is -2.29. The molecule has 0 spiro atoms. The first-order valence-electron chi connectivity index (χ1n) is 6.31. The molecule has 0 saturated heterocycles. The summed E-state index contributed by atoms with van der Waals surface area (Å²) >= 11 is 3.26. The Morgan fingerprint density at radius 3 is 2.09 bits per heavy atom. The Bertz CT molecular complexity index is 797. The highest BCUT2D eigenvalue weighted by atomic mass is 79.9. The van der Waals surface area contributed by atoms with Gasteiger partial charge in [0, 0.05) is 10.2 Å².